The van der Waals surface area contributed by atoms with E-state index in [2.05, 4.69) is 20.4 Å². The molecule has 2 aliphatic rings. The van der Waals surface area contributed by atoms with E-state index < -0.39 is 20.9 Å². The molecule has 0 aromatic carbocycles. The topological polar surface area (TPSA) is 9.23 Å². The van der Waals surface area contributed by atoms with Gasteiger partial charge in [0.2, 0.25) is 0 Å². The smallest absolute Gasteiger partial charge is 0.369 e. The number of ether oxygens (including phenoxy) is 1. The maximum atomic E-state index is 12.2. The minimum absolute atomic E-state index is 0.169. The van der Waals surface area contributed by atoms with Crippen molar-refractivity contribution in [1.29, 1.82) is 0 Å². The lowest BCUT2D eigenvalue weighted by Crippen LogP contribution is -2.38. The summed E-state index contributed by atoms with van der Waals surface area (Å²) < 4.78 is 41.8. The number of alkyl halides is 3. The van der Waals surface area contributed by atoms with Crippen LogP contribution in [-0.2, 0) is 4.74 Å². The lowest BCUT2D eigenvalue weighted by atomic mass is 9.76. The molecule has 1 nitrogen and oxygen atoms in total. The molecule has 0 aromatic rings. The van der Waals surface area contributed by atoms with E-state index in [0.717, 1.165) is 43.4 Å². The van der Waals surface area contributed by atoms with Crippen molar-refractivity contribution in [3.8, 4) is 0 Å². The molecule has 5 heteroatoms. The van der Waals surface area contributed by atoms with Crippen LogP contribution in [0.25, 0.3) is 0 Å². The number of rotatable bonds is 6. The minimum atomic E-state index is -4.19. The molecule has 1 aliphatic heterocycles. The first-order chi connectivity index (χ1) is 11.2. The summed E-state index contributed by atoms with van der Waals surface area (Å²) in [7, 11) is -1.00. The minimum Gasteiger partial charge on any atom is -0.369 e. The predicted molar refractivity (Wildman–Crippen MR) is 96.0 cm³/mol. The molecular formula is C19H35F3OSi. The van der Waals surface area contributed by atoms with Gasteiger partial charge in [-0.25, -0.2) is 0 Å². The van der Waals surface area contributed by atoms with Crippen LogP contribution in [0.2, 0.25) is 24.7 Å². The van der Waals surface area contributed by atoms with Crippen LogP contribution >= 0.6 is 0 Å². The Kier molecular flexibility index (Phi) is 7.24. The molecule has 1 saturated carbocycles. The molecule has 0 N–H and O–H groups in total. The average molecular weight is 365 g/mol. The van der Waals surface area contributed by atoms with Crippen LogP contribution in [0.15, 0.2) is 0 Å². The lowest BCUT2D eigenvalue weighted by molar-refractivity contribution is -0.189. The Morgan fingerprint density at radius 1 is 0.958 bits per heavy atom. The number of halogens is 3. The Labute approximate surface area is 146 Å². The summed E-state index contributed by atoms with van der Waals surface area (Å²) in [5.41, 5.74) is 0. The van der Waals surface area contributed by atoms with Gasteiger partial charge in [0.1, 0.15) is 6.61 Å². The van der Waals surface area contributed by atoms with Gasteiger partial charge < -0.3 is 4.74 Å². The van der Waals surface area contributed by atoms with Gasteiger partial charge in [-0.1, -0.05) is 57.8 Å². The van der Waals surface area contributed by atoms with Crippen molar-refractivity contribution < 1.29 is 17.9 Å². The first-order valence-corrected chi connectivity index (χ1v) is 13.0. The number of hydrogen-bond donors (Lipinski definition) is 0. The van der Waals surface area contributed by atoms with E-state index in [9.17, 15) is 13.2 Å². The molecular weight excluding hydrogens is 329 g/mol. The molecule has 0 aromatic heterocycles. The molecule has 1 saturated heterocycles. The second-order valence-corrected chi connectivity index (χ2v) is 14.2. The molecule has 0 atom stereocenters. The van der Waals surface area contributed by atoms with Crippen molar-refractivity contribution in [3.63, 3.8) is 0 Å². The van der Waals surface area contributed by atoms with Crippen molar-refractivity contribution in [2.75, 3.05) is 6.61 Å². The summed E-state index contributed by atoms with van der Waals surface area (Å²) >= 11 is 0. The highest BCUT2D eigenvalue weighted by molar-refractivity contribution is 6.78. The third kappa shape index (κ3) is 6.70. The molecule has 2 fully saturated rings. The van der Waals surface area contributed by atoms with Crippen LogP contribution in [-0.4, -0.2) is 27.0 Å². The second-order valence-electron chi connectivity index (χ2n) is 9.04. The molecule has 0 bridgehead atoms. The average Bonchev–Trinajstić information content (AvgIpc) is 2.52. The van der Waals surface area contributed by atoms with Crippen LogP contribution < -0.4 is 0 Å². The molecule has 0 amide bonds. The summed E-state index contributed by atoms with van der Waals surface area (Å²) in [6.45, 7) is 6.16. The van der Waals surface area contributed by atoms with Gasteiger partial charge in [0, 0.05) is 0 Å². The van der Waals surface area contributed by atoms with Gasteiger partial charge in [0.25, 0.3) is 0 Å². The molecule has 0 unspecified atom stereocenters. The van der Waals surface area contributed by atoms with E-state index in [4.69, 9.17) is 4.74 Å². The molecule has 1 heterocycles. The molecule has 0 spiro atoms. The third-order valence-electron chi connectivity index (χ3n) is 6.43. The zero-order chi connectivity index (χ0) is 17.8. The van der Waals surface area contributed by atoms with Crippen molar-refractivity contribution in [1.82, 2.24) is 0 Å². The van der Waals surface area contributed by atoms with E-state index in [-0.39, 0.29) is 6.10 Å². The highest BCUT2D eigenvalue weighted by atomic mass is 28.3. The van der Waals surface area contributed by atoms with Crippen molar-refractivity contribution in [2.45, 2.75) is 95.8 Å². The maximum absolute atomic E-state index is 12.2. The van der Waals surface area contributed by atoms with Crippen molar-refractivity contribution >= 4 is 8.07 Å². The van der Waals surface area contributed by atoms with Crippen LogP contribution in [0, 0.1) is 17.8 Å². The van der Waals surface area contributed by atoms with E-state index in [1.165, 1.54) is 37.4 Å². The van der Waals surface area contributed by atoms with E-state index in [0.29, 0.717) is 0 Å². The van der Waals surface area contributed by atoms with Gasteiger partial charge in [-0.3, -0.25) is 0 Å². The monoisotopic (exact) mass is 364 g/mol. The normalized spacial score (nSPS) is 35.4. The third-order valence-corrected chi connectivity index (χ3v) is 10.9. The van der Waals surface area contributed by atoms with E-state index in [1.807, 2.05) is 0 Å². The summed E-state index contributed by atoms with van der Waals surface area (Å²) in [5, 5.41) is 0. The van der Waals surface area contributed by atoms with Gasteiger partial charge in [0.05, 0.1) is 14.2 Å². The molecule has 2 rings (SSSR count). The van der Waals surface area contributed by atoms with Crippen LogP contribution in [0.1, 0.15) is 58.8 Å². The Bertz CT molecular complexity index is 367. The highest BCUT2D eigenvalue weighted by Gasteiger charge is 2.37. The molecule has 0 radical (unpaired) electrons. The largest absolute Gasteiger partial charge is 0.411 e. The van der Waals surface area contributed by atoms with Crippen LogP contribution in [0.5, 0.6) is 0 Å². The zero-order valence-electron chi connectivity index (χ0n) is 15.6. The zero-order valence-corrected chi connectivity index (χ0v) is 16.6. The summed E-state index contributed by atoms with van der Waals surface area (Å²) in [4.78, 5) is 0. The maximum Gasteiger partial charge on any atom is 0.411 e. The van der Waals surface area contributed by atoms with Gasteiger partial charge in [-0.2, -0.15) is 13.2 Å². The van der Waals surface area contributed by atoms with E-state index >= 15 is 0 Å². The van der Waals surface area contributed by atoms with Crippen LogP contribution in [0.4, 0.5) is 13.2 Å². The SMILES string of the molecule is CC(C)CC[Si]1(C)CCC(C2CCC(OCC(F)(F)F)CC2)CC1. The molecule has 1 aliphatic carbocycles. The quantitative estimate of drug-likeness (QED) is 0.479. The Hall–Kier alpha value is -0.0331. The summed E-state index contributed by atoms with van der Waals surface area (Å²) in [5.74, 6) is 2.38. The Balaban J connectivity index is 1.69. The summed E-state index contributed by atoms with van der Waals surface area (Å²) in [6.07, 6.45) is 3.55. The number of hydrogen-bond acceptors (Lipinski definition) is 1. The summed E-state index contributed by atoms with van der Waals surface area (Å²) in [6, 6.07) is 4.42. The second kappa shape index (κ2) is 8.57. The van der Waals surface area contributed by atoms with Crippen molar-refractivity contribution in [2.24, 2.45) is 17.8 Å². The Morgan fingerprint density at radius 3 is 2.00 bits per heavy atom. The fourth-order valence-electron chi connectivity index (χ4n) is 4.63. The van der Waals surface area contributed by atoms with Crippen molar-refractivity contribution in [3.05, 3.63) is 0 Å². The van der Waals surface area contributed by atoms with E-state index in [1.54, 1.807) is 0 Å². The molecule has 142 valence electrons. The van der Waals surface area contributed by atoms with Gasteiger partial charge >= 0.3 is 6.18 Å². The first kappa shape index (κ1) is 20.3. The first-order valence-electron chi connectivity index (χ1n) is 9.85. The fraction of sp³-hybridized carbons (Fsp3) is 1.00. The predicted octanol–water partition coefficient (Wildman–Crippen LogP) is 6.66. The molecule has 24 heavy (non-hydrogen) atoms. The fourth-order valence-corrected chi connectivity index (χ4v) is 8.79. The lowest BCUT2D eigenvalue weighted by Gasteiger charge is -2.41. The van der Waals surface area contributed by atoms with Gasteiger partial charge in [-0.15, -0.1) is 0 Å². The highest BCUT2D eigenvalue weighted by Crippen LogP contribution is 2.43. The van der Waals surface area contributed by atoms with Gasteiger partial charge in [0.15, 0.2) is 0 Å². The van der Waals surface area contributed by atoms with Crippen LogP contribution in [0.3, 0.4) is 0 Å². The standard InChI is InChI=1S/C19H35F3OSi/c1-15(2)8-11-24(3)12-9-17(10-13-24)16-4-6-18(7-5-16)23-14-19(20,21)22/h15-18H,4-14H2,1-3H3. The Morgan fingerprint density at radius 2 is 1.50 bits per heavy atom. The van der Waals surface area contributed by atoms with Gasteiger partial charge in [-0.05, 0) is 43.4 Å².